The Morgan fingerprint density at radius 1 is 0.274 bits per heavy atom. The number of nitrogens with zero attached hydrogens (tertiary/aromatic N) is 4. The van der Waals surface area contributed by atoms with Gasteiger partial charge in [-0.05, 0) is 81.9 Å². The molecule has 62 heavy (non-hydrogen) atoms. The lowest BCUT2D eigenvalue weighted by atomic mass is 10.0. The summed E-state index contributed by atoms with van der Waals surface area (Å²) < 4.78 is 9.10. The van der Waals surface area contributed by atoms with E-state index in [4.69, 9.17) is 19.4 Å². The fourth-order valence-corrected chi connectivity index (χ4v) is 8.78. The maximum Gasteiger partial charge on any atom is 0.164 e. The molecular weight excluding hydrogens is 757 g/mol. The van der Waals surface area contributed by atoms with Crippen LogP contribution in [-0.2, 0) is 0 Å². The molecule has 0 saturated carbocycles. The number of benzene rings is 9. The zero-order chi connectivity index (χ0) is 41.0. The van der Waals surface area contributed by atoms with Crippen molar-refractivity contribution in [3.8, 4) is 73.2 Å². The number of aromatic nitrogens is 4. The van der Waals surface area contributed by atoms with Crippen molar-refractivity contribution < 1.29 is 4.42 Å². The highest BCUT2D eigenvalue weighted by molar-refractivity contribution is 6.17. The van der Waals surface area contributed by atoms with Crippen LogP contribution in [0.2, 0.25) is 0 Å². The second-order valence-corrected chi connectivity index (χ2v) is 15.6. The quantitative estimate of drug-likeness (QED) is 0.161. The Bertz CT molecular complexity index is 3610. The summed E-state index contributed by atoms with van der Waals surface area (Å²) in [5, 5.41) is 4.40. The van der Waals surface area contributed by atoms with Crippen LogP contribution in [0.4, 0.5) is 0 Å². The number of furan rings is 1. The van der Waals surface area contributed by atoms with Gasteiger partial charge in [0.2, 0.25) is 0 Å². The minimum absolute atomic E-state index is 0.575. The highest BCUT2D eigenvalue weighted by atomic mass is 16.3. The van der Waals surface area contributed by atoms with Crippen LogP contribution < -0.4 is 0 Å². The number of hydrogen-bond donors (Lipinski definition) is 0. The van der Waals surface area contributed by atoms with Crippen LogP contribution in [0.15, 0.2) is 223 Å². The number of hydrogen-bond acceptors (Lipinski definition) is 4. The normalized spacial score (nSPS) is 11.5. The summed E-state index contributed by atoms with van der Waals surface area (Å²) in [7, 11) is 0. The molecule has 3 heterocycles. The van der Waals surface area contributed by atoms with Crippen LogP contribution in [0, 0.1) is 0 Å². The lowest BCUT2D eigenvalue weighted by Crippen LogP contribution is -2.00. The molecule has 12 rings (SSSR count). The van der Waals surface area contributed by atoms with Crippen molar-refractivity contribution in [3.05, 3.63) is 218 Å². The standard InChI is InChI=1S/C57H36N4O/c1-4-14-37(15-5-1)40-26-28-41(29-27-40)55-58-56(44-22-12-20-42(32-44)38-16-6-2-7-17-38)60-57(59-55)45-30-31-48-50-35-52-49(36-54(50)62-53(48)34-45)47-24-10-11-25-51(47)61(52)46-23-13-21-43(33-46)39-18-8-3-9-19-39/h1-36H. The molecule has 0 fully saturated rings. The summed E-state index contributed by atoms with van der Waals surface area (Å²) in [6.45, 7) is 0. The third-order valence-electron chi connectivity index (χ3n) is 11.8. The van der Waals surface area contributed by atoms with Crippen LogP contribution in [0.25, 0.3) is 117 Å². The number of para-hydroxylation sites is 1. The molecule has 0 atom stereocenters. The molecular formula is C57H36N4O. The monoisotopic (exact) mass is 792 g/mol. The molecule has 0 aliphatic rings. The molecule has 0 unspecified atom stereocenters. The van der Waals surface area contributed by atoms with Crippen molar-refractivity contribution in [1.29, 1.82) is 0 Å². The van der Waals surface area contributed by atoms with Gasteiger partial charge < -0.3 is 8.98 Å². The van der Waals surface area contributed by atoms with Gasteiger partial charge in [-0.1, -0.05) is 170 Å². The van der Waals surface area contributed by atoms with E-state index in [1.165, 1.54) is 16.5 Å². The van der Waals surface area contributed by atoms with E-state index in [0.717, 1.165) is 83.0 Å². The minimum atomic E-state index is 0.575. The van der Waals surface area contributed by atoms with Gasteiger partial charge in [0.05, 0.1) is 11.0 Å². The maximum atomic E-state index is 6.73. The lowest BCUT2D eigenvalue weighted by molar-refractivity contribution is 0.669. The second-order valence-electron chi connectivity index (χ2n) is 15.6. The first kappa shape index (κ1) is 35.5. The molecule has 0 radical (unpaired) electrons. The Morgan fingerprint density at radius 3 is 1.45 bits per heavy atom. The first-order valence-electron chi connectivity index (χ1n) is 20.8. The predicted molar refractivity (Wildman–Crippen MR) is 254 cm³/mol. The molecule has 0 amide bonds. The van der Waals surface area contributed by atoms with Crippen LogP contribution in [-0.4, -0.2) is 19.5 Å². The van der Waals surface area contributed by atoms with E-state index in [1.807, 2.05) is 12.1 Å². The topological polar surface area (TPSA) is 56.7 Å². The Morgan fingerprint density at radius 2 is 0.758 bits per heavy atom. The van der Waals surface area contributed by atoms with Gasteiger partial charge in [-0.15, -0.1) is 0 Å². The smallest absolute Gasteiger partial charge is 0.164 e. The van der Waals surface area contributed by atoms with Crippen molar-refractivity contribution in [3.63, 3.8) is 0 Å². The van der Waals surface area contributed by atoms with Gasteiger partial charge in [-0.25, -0.2) is 15.0 Å². The van der Waals surface area contributed by atoms with E-state index in [9.17, 15) is 0 Å². The summed E-state index contributed by atoms with van der Waals surface area (Å²) in [5.41, 5.74) is 14.5. The van der Waals surface area contributed by atoms with Gasteiger partial charge >= 0.3 is 0 Å². The van der Waals surface area contributed by atoms with Gasteiger partial charge in [0, 0.05) is 43.9 Å². The first-order valence-corrected chi connectivity index (χ1v) is 20.8. The molecule has 12 aromatic rings. The van der Waals surface area contributed by atoms with Gasteiger partial charge in [-0.2, -0.15) is 0 Å². The molecule has 0 N–H and O–H groups in total. The van der Waals surface area contributed by atoms with Crippen LogP contribution in [0.1, 0.15) is 0 Å². The molecule has 0 saturated heterocycles. The van der Waals surface area contributed by atoms with E-state index >= 15 is 0 Å². The van der Waals surface area contributed by atoms with E-state index in [2.05, 4.69) is 211 Å². The van der Waals surface area contributed by atoms with Crippen molar-refractivity contribution in [1.82, 2.24) is 19.5 Å². The largest absolute Gasteiger partial charge is 0.456 e. The molecule has 290 valence electrons. The fraction of sp³-hybridized carbons (Fsp3) is 0. The van der Waals surface area contributed by atoms with E-state index in [1.54, 1.807) is 0 Å². The molecule has 3 aromatic heterocycles. The summed E-state index contributed by atoms with van der Waals surface area (Å²) in [4.78, 5) is 15.3. The molecule has 0 aliphatic heterocycles. The summed E-state index contributed by atoms with van der Waals surface area (Å²) >= 11 is 0. The maximum absolute atomic E-state index is 6.73. The average molecular weight is 793 g/mol. The third-order valence-corrected chi connectivity index (χ3v) is 11.8. The Balaban J connectivity index is 0.995. The zero-order valence-corrected chi connectivity index (χ0v) is 33.5. The molecule has 5 nitrogen and oxygen atoms in total. The highest BCUT2D eigenvalue weighted by Crippen LogP contribution is 2.40. The van der Waals surface area contributed by atoms with Crippen molar-refractivity contribution in [2.24, 2.45) is 0 Å². The molecule has 0 aliphatic carbocycles. The van der Waals surface area contributed by atoms with Crippen molar-refractivity contribution >= 4 is 43.7 Å². The summed E-state index contributed by atoms with van der Waals surface area (Å²) in [6, 6.07) is 76.3. The van der Waals surface area contributed by atoms with Gasteiger partial charge in [-0.3, -0.25) is 0 Å². The van der Waals surface area contributed by atoms with E-state index in [0.29, 0.717) is 17.5 Å². The Labute approximate surface area is 357 Å². The fourth-order valence-electron chi connectivity index (χ4n) is 8.78. The Kier molecular flexibility index (Phi) is 8.42. The zero-order valence-electron chi connectivity index (χ0n) is 33.5. The molecule has 0 spiro atoms. The number of fused-ring (bicyclic) bond motifs is 6. The van der Waals surface area contributed by atoms with Crippen molar-refractivity contribution in [2.45, 2.75) is 0 Å². The first-order chi connectivity index (χ1) is 30.7. The Hall–Kier alpha value is -8.41. The SMILES string of the molecule is c1ccc(-c2ccc(-c3nc(-c4cccc(-c5ccccc5)c4)nc(-c4ccc5c(c4)oc4cc6c7ccccc7n(-c7cccc(-c8ccccc8)c7)c6cc45)n3)cc2)cc1. The van der Waals surface area contributed by atoms with Crippen molar-refractivity contribution in [2.75, 3.05) is 0 Å². The summed E-state index contributed by atoms with van der Waals surface area (Å²) in [6.07, 6.45) is 0. The molecule has 5 heteroatoms. The van der Waals surface area contributed by atoms with Gasteiger partial charge in [0.1, 0.15) is 11.2 Å². The van der Waals surface area contributed by atoms with Gasteiger partial charge in [0.15, 0.2) is 17.5 Å². The summed E-state index contributed by atoms with van der Waals surface area (Å²) in [5.74, 6) is 1.78. The molecule has 0 bridgehead atoms. The van der Waals surface area contributed by atoms with Crippen LogP contribution in [0.5, 0.6) is 0 Å². The third kappa shape index (κ3) is 6.23. The minimum Gasteiger partial charge on any atom is -0.456 e. The predicted octanol–water partition coefficient (Wildman–Crippen LogP) is 14.9. The second kappa shape index (κ2) is 14.7. The van der Waals surface area contributed by atoms with Gasteiger partial charge in [0.25, 0.3) is 0 Å². The van der Waals surface area contributed by atoms with E-state index < -0.39 is 0 Å². The van der Waals surface area contributed by atoms with Crippen LogP contribution in [0.3, 0.4) is 0 Å². The van der Waals surface area contributed by atoms with E-state index in [-0.39, 0.29) is 0 Å². The lowest BCUT2D eigenvalue weighted by Gasteiger charge is -2.10. The molecule has 9 aromatic carbocycles. The number of rotatable bonds is 7. The van der Waals surface area contributed by atoms with Crippen LogP contribution >= 0.6 is 0 Å². The highest BCUT2D eigenvalue weighted by Gasteiger charge is 2.19. The average Bonchev–Trinajstić information content (AvgIpc) is 3.88.